The van der Waals surface area contributed by atoms with Crippen molar-refractivity contribution < 1.29 is 29.7 Å². The standard InChI is InChI=1S/C45H56N4O6/c50-40(51)31(28-7-10-46-18-28)15-24-3-1-4-25(13-24)21-49(22-26-5-2-6-27(14-26)33-17-43(33,42(54)55)30-9-12-48-20-30)23-45-37-34-36-35(37)39(45)44(36,38(34)45)16-32(41(52)53)29-8-11-47-19-29/h1-6,13-14,28-39,46-48H,7-12,15-23H2,(H,50,51)(H,52,53)(H,54,55)/t28-,29-,30-,31+,32-,33?,34?,35?,36?,37?,38?,39?,43?,44?,45?/m0/s1. The molecule has 292 valence electrons. The largest absolute Gasteiger partial charge is 0.481 e. The summed E-state index contributed by atoms with van der Waals surface area (Å²) >= 11 is 0. The Morgan fingerprint density at radius 2 is 1.33 bits per heavy atom. The maximum atomic E-state index is 12.7. The van der Waals surface area contributed by atoms with E-state index < -0.39 is 29.2 Å². The van der Waals surface area contributed by atoms with Crippen LogP contribution >= 0.6 is 0 Å². The van der Waals surface area contributed by atoms with E-state index in [1.165, 1.54) is 11.1 Å². The Bertz CT molecular complexity index is 1900. The highest BCUT2D eigenvalue weighted by molar-refractivity contribution is 5.81. The van der Waals surface area contributed by atoms with E-state index in [-0.39, 0.29) is 35.0 Å². The molecule has 3 heterocycles. The third-order valence-corrected chi connectivity index (χ3v) is 17.8. The molecule has 6 N–H and O–H groups in total. The number of aliphatic carboxylic acids is 3. The van der Waals surface area contributed by atoms with E-state index in [1.807, 2.05) is 0 Å². The van der Waals surface area contributed by atoms with Crippen molar-refractivity contribution in [2.24, 2.45) is 81.3 Å². The smallest absolute Gasteiger partial charge is 0.310 e. The first-order valence-electron chi connectivity index (χ1n) is 21.4. The van der Waals surface area contributed by atoms with Gasteiger partial charge >= 0.3 is 17.9 Å². The lowest BCUT2D eigenvalue weighted by Crippen LogP contribution is -3.10. The molecule has 10 aliphatic rings. The second-order valence-corrected chi connectivity index (χ2v) is 19.7. The lowest BCUT2D eigenvalue weighted by Gasteiger charge is -3.12. The fourth-order valence-corrected chi connectivity index (χ4v) is 15.9. The van der Waals surface area contributed by atoms with E-state index in [2.05, 4.69) is 69.4 Å². The fraction of sp³-hybridized carbons (Fsp3) is 0.667. The summed E-state index contributed by atoms with van der Waals surface area (Å²) in [7, 11) is 0. The summed E-state index contributed by atoms with van der Waals surface area (Å²) in [6, 6.07) is 17.3. The Hall–Kier alpha value is -3.31. The van der Waals surface area contributed by atoms with Gasteiger partial charge in [0.05, 0.1) is 17.3 Å². The zero-order chi connectivity index (χ0) is 37.4. The van der Waals surface area contributed by atoms with Crippen LogP contribution in [-0.2, 0) is 33.9 Å². The van der Waals surface area contributed by atoms with Gasteiger partial charge in [-0.25, -0.2) is 0 Å². The minimum absolute atomic E-state index is 0.0404. The summed E-state index contributed by atoms with van der Waals surface area (Å²) in [5.41, 5.74) is 4.52. The number of carboxylic acid groups (broad SMARTS) is 3. The van der Waals surface area contributed by atoms with Crippen LogP contribution in [0.4, 0.5) is 0 Å². The minimum atomic E-state index is -0.712. The quantitative estimate of drug-likeness (QED) is 0.139. The van der Waals surface area contributed by atoms with E-state index in [0.717, 1.165) is 119 Å². The fourth-order valence-electron chi connectivity index (χ4n) is 15.9. The molecule has 7 aliphatic carbocycles. The monoisotopic (exact) mass is 748 g/mol. The number of rotatable bonds is 17. The number of nitrogens with one attached hydrogen (secondary N) is 3. The van der Waals surface area contributed by atoms with E-state index in [1.54, 1.807) is 0 Å². The third kappa shape index (κ3) is 4.65. The van der Waals surface area contributed by atoms with Crippen molar-refractivity contribution >= 4 is 17.9 Å². The molecule has 3 saturated heterocycles. The molecule has 2 aromatic rings. The molecular formula is C45H56N4O6. The van der Waals surface area contributed by atoms with Gasteiger partial charge in [0.1, 0.15) is 0 Å². The van der Waals surface area contributed by atoms with Crippen LogP contribution in [0.1, 0.15) is 60.3 Å². The Kier molecular flexibility index (Phi) is 7.83. The molecule has 55 heavy (non-hydrogen) atoms. The zero-order valence-electron chi connectivity index (χ0n) is 31.7. The number of nitrogens with zero attached hydrogens (tertiary/aromatic N) is 1. The topological polar surface area (TPSA) is 151 Å². The van der Waals surface area contributed by atoms with Gasteiger partial charge in [0, 0.05) is 25.6 Å². The summed E-state index contributed by atoms with van der Waals surface area (Å²) in [4.78, 5) is 40.4. The van der Waals surface area contributed by atoms with Gasteiger partial charge in [-0.1, -0.05) is 48.5 Å². The highest BCUT2D eigenvalue weighted by Gasteiger charge is 3.09. The van der Waals surface area contributed by atoms with Crippen molar-refractivity contribution in [3.05, 3.63) is 70.8 Å². The lowest BCUT2D eigenvalue weighted by molar-refractivity contribution is -0.661. The van der Waals surface area contributed by atoms with Crippen LogP contribution in [0.15, 0.2) is 48.5 Å². The highest BCUT2D eigenvalue weighted by Crippen LogP contribution is 3.11. The second-order valence-electron chi connectivity index (χ2n) is 19.7. The van der Waals surface area contributed by atoms with Crippen LogP contribution in [0.3, 0.4) is 0 Å². The molecule has 12 rings (SSSR count). The Balaban J connectivity index is 0.859. The van der Waals surface area contributed by atoms with Gasteiger partial charge in [-0.3, -0.25) is 19.3 Å². The summed E-state index contributed by atoms with van der Waals surface area (Å²) in [6.45, 7) is 7.61. The van der Waals surface area contributed by atoms with Crippen LogP contribution in [-0.4, -0.2) is 83.9 Å². The van der Waals surface area contributed by atoms with Crippen molar-refractivity contribution in [1.29, 1.82) is 0 Å². The third-order valence-electron chi connectivity index (χ3n) is 17.8. The van der Waals surface area contributed by atoms with Crippen LogP contribution in [0, 0.1) is 81.3 Å². The molecule has 6 unspecified atom stereocenters. The molecule has 2 aromatic carbocycles. The summed E-state index contributed by atoms with van der Waals surface area (Å²) in [5, 5.41) is 41.2. The van der Waals surface area contributed by atoms with Crippen LogP contribution in [0.25, 0.3) is 0 Å². The summed E-state index contributed by atoms with van der Waals surface area (Å²) in [6.07, 6.45) is 4.89. The molecule has 11 atom stereocenters. The second kappa shape index (κ2) is 12.3. The predicted molar refractivity (Wildman–Crippen MR) is 204 cm³/mol. The van der Waals surface area contributed by atoms with Gasteiger partial charge in [-0.2, -0.15) is 0 Å². The number of carbonyl (C=O) groups is 3. The lowest BCUT2D eigenvalue weighted by atomic mass is 8.91. The summed E-state index contributed by atoms with van der Waals surface area (Å²) in [5.74, 6) is 2.47. The van der Waals surface area contributed by atoms with Crippen LogP contribution < -0.4 is 16.0 Å². The number of hydrogen-bond acceptors (Lipinski definition) is 7. The van der Waals surface area contributed by atoms with Gasteiger partial charge < -0.3 is 31.3 Å². The molecule has 0 aromatic heterocycles. The normalized spacial score (nSPS) is 43.0. The van der Waals surface area contributed by atoms with Crippen LogP contribution in [0.2, 0.25) is 0 Å². The van der Waals surface area contributed by atoms with Crippen molar-refractivity contribution in [3.63, 3.8) is 0 Å². The van der Waals surface area contributed by atoms with Crippen molar-refractivity contribution in [1.82, 2.24) is 20.9 Å². The molecule has 0 bridgehead atoms. The van der Waals surface area contributed by atoms with Gasteiger partial charge in [0.25, 0.3) is 0 Å². The number of hydrogen-bond donors (Lipinski definition) is 6. The molecule has 10 heteroatoms. The number of benzene rings is 2. The molecule has 0 spiro atoms. The molecule has 10 nitrogen and oxygen atoms in total. The number of carboxylic acids is 3. The first-order valence-corrected chi connectivity index (χ1v) is 21.4. The molecule has 0 radical (unpaired) electrons. The van der Waals surface area contributed by atoms with E-state index in [9.17, 15) is 29.7 Å². The van der Waals surface area contributed by atoms with Gasteiger partial charge in [0.15, 0.2) is 0 Å². The van der Waals surface area contributed by atoms with Gasteiger partial charge in [-0.15, -0.1) is 0 Å². The Morgan fingerprint density at radius 3 is 1.95 bits per heavy atom. The van der Waals surface area contributed by atoms with E-state index >= 15 is 0 Å². The average molecular weight is 749 g/mol. The van der Waals surface area contributed by atoms with Gasteiger partial charge in [0.2, 0.25) is 0 Å². The van der Waals surface area contributed by atoms with Crippen molar-refractivity contribution in [3.8, 4) is 0 Å². The van der Waals surface area contributed by atoms with E-state index in [0.29, 0.717) is 30.1 Å². The average Bonchev–Trinajstić information content (AvgIpc) is 3.70. The van der Waals surface area contributed by atoms with Crippen molar-refractivity contribution in [2.75, 3.05) is 45.8 Å². The predicted octanol–water partition coefficient (Wildman–Crippen LogP) is 4.15. The van der Waals surface area contributed by atoms with E-state index in [4.69, 9.17) is 0 Å². The zero-order valence-corrected chi connectivity index (χ0v) is 31.7. The first kappa shape index (κ1) is 34.9. The molecule has 7 saturated carbocycles. The maximum Gasteiger partial charge on any atom is 0.310 e. The Labute approximate surface area is 323 Å². The minimum Gasteiger partial charge on any atom is -0.481 e. The van der Waals surface area contributed by atoms with Crippen LogP contribution in [0.5, 0.6) is 0 Å². The van der Waals surface area contributed by atoms with Gasteiger partial charge in [-0.05, 0) is 164 Å². The molecule has 10 fully saturated rings. The SMILES string of the molecule is O=C(O)[C@@H](CC12C3C4C5C3C1C5(CN(Cc1cccc(C[C@@H](C(=O)O)[C@H]3CCNC3)c1)Cc1cccc(C3CC3(C(=O)O)[C@H]3CCNC3)c1)C42)[C@H]1CCNC1. The molecule has 3 aliphatic heterocycles. The maximum absolute atomic E-state index is 12.7. The molecule has 0 amide bonds. The first-order chi connectivity index (χ1) is 26.7. The molecular weight excluding hydrogens is 693 g/mol. The summed E-state index contributed by atoms with van der Waals surface area (Å²) < 4.78 is 0. The Morgan fingerprint density at radius 1 is 0.727 bits per heavy atom. The van der Waals surface area contributed by atoms with Crippen molar-refractivity contribution in [2.45, 2.75) is 57.5 Å². The highest BCUT2D eigenvalue weighted by atomic mass is 16.4.